The van der Waals surface area contributed by atoms with Crippen molar-refractivity contribution in [2.24, 2.45) is 0 Å². The summed E-state index contributed by atoms with van der Waals surface area (Å²) in [5.41, 5.74) is 1.06. The van der Waals surface area contributed by atoms with E-state index in [-0.39, 0.29) is 18.4 Å². The average Bonchev–Trinajstić information content (AvgIpc) is 2.42. The van der Waals surface area contributed by atoms with Crippen LogP contribution in [0.5, 0.6) is 0 Å². The minimum atomic E-state index is -1.13. The minimum Gasteiger partial charge on any atom is -0.480 e. The molecule has 24 heavy (non-hydrogen) atoms. The van der Waals surface area contributed by atoms with E-state index in [1.165, 1.54) is 0 Å². The monoisotopic (exact) mass is 334 g/mol. The molecule has 3 N–H and O–H groups in total. The van der Waals surface area contributed by atoms with Crippen molar-refractivity contribution in [2.45, 2.75) is 51.3 Å². The van der Waals surface area contributed by atoms with Crippen LogP contribution in [0.1, 0.15) is 44.4 Å². The highest BCUT2D eigenvalue weighted by molar-refractivity contribution is 5.83. The molecular weight excluding hydrogens is 312 g/mol. The van der Waals surface area contributed by atoms with Crippen LogP contribution in [0.2, 0.25) is 0 Å². The lowest BCUT2D eigenvalue weighted by Gasteiger charge is -2.27. The first-order valence-corrected chi connectivity index (χ1v) is 7.74. The van der Waals surface area contributed by atoms with E-state index in [9.17, 15) is 19.5 Å². The van der Waals surface area contributed by atoms with Gasteiger partial charge in [-0.25, -0.2) is 9.59 Å². The summed E-state index contributed by atoms with van der Waals surface area (Å²) >= 11 is 0. The second kappa shape index (κ2) is 6.90. The Balaban J connectivity index is 1.96. The molecule has 130 valence electrons. The molecule has 2 rings (SSSR count). The number of rotatable bonds is 5. The molecule has 1 aliphatic rings. The predicted molar refractivity (Wildman–Crippen MR) is 86.4 cm³/mol. The molecule has 0 radical (unpaired) electrons. The second-order valence-electron chi connectivity index (χ2n) is 6.81. The maximum atomic E-state index is 11.7. The SMILES string of the molecule is CC(C)(C)OC(=O)N[C@@H](Cc1ccc(C2CC(=O)N2)cc1)C(=O)O. The van der Waals surface area contributed by atoms with Gasteiger partial charge < -0.3 is 20.5 Å². The van der Waals surface area contributed by atoms with Crippen LogP contribution in [-0.2, 0) is 20.7 Å². The first-order chi connectivity index (χ1) is 11.1. The molecule has 1 aliphatic heterocycles. The van der Waals surface area contributed by atoms with Crippen molar-refractivity contribution in [1.82, 2.24) is 10.6 Å². The third-order valence-electron chi connectivity index (χ3n) is 3.54. The Bertz CT molecular complexity index is 625. The van der Waals surface area contributed by atoms with Crippen LogP contribution in [-0.4, -0.2) is 34.7 Å². The summed E-state index contributed by atoms with van der Waals surface area (Å²) in [6.07, 6.45) is -0.146. The lowest BCUT2D eigenvalue weighted by molar-refractivity contribution is -0.139. The van der Waals surface area contributed by atoms with Crippen molar-refractivity contribution in [3.05, 3.63) is 35.4 Å². The predicted octanol–water partition coefficient (Wildman–Crippen LogP) is 1.77. The van der Waals surface area contributed by atoms with Gasteiger partial charge in [0.1, 0.15) is 11.6 Å². The molecule has 1 aromatic rings. The Hall–Kier alpha value is -2.57. The number of benzene rings is 1. The summed E-state index contributed by atoms with van der Waals surface area (Å²) in [7, 11) is 0. The summed E-state index contributed by atoms with van der Waals surface area (Å²) in [5.74, 6) is -1.10. The smallest absolute Gasteiger partial charge is 0.408 e. The Morgan fingerprint density at radius 2 is 1.92 bits per heavy atom. The van der Waals surface area contributed by atoms with Crippen molar-refractivity contribution in [1.29, 1.82) is 0 Å². The van der Waals surface area contributed by atoms with Crippen molar-refractivity contribution in [3.8, 4) is 0 Å². The molecule has 2 amide bonds. The lowest BCUT2D eigenvalue weighted by Crippen LogP contribution is -2.44. The summed E-state index contributed by atoms with van der Waals surface area (Å²) < 4.78 is 5.09. The quantitative estimate of drug-likeness (QED) is 0.712. The van der Waals surface area contributed by atoms with Crippen LogP contribution < -0.4 is 10.6 Å². The third-order valence-corrected chi connectivity index (χ3v) is 3.54. The number of carboxylic acid groups (broad SMARTS) is 1. The molecule has 0 saturated carbocycles. The zero-order chi connectivity index (χ0) is 17.9. The lowest BCUT2D eigenvalue weighted by atomic mass is 9.95. The molecule has 1 unspecified atom stereocenters. The highest BCUT2D eigenvalue weighted by Gasteiger charge is 2.27. The number of hydrogen-bond acceptors (Lipinski definition) is 4. The van der Waals surface area contributed by atoms with E-state index in [0.717, 1.165) is 11.1 Å². The highest BCUT2D eigenvalue weighted by Crippen LogP contribution is 2.24. The van der Waals surface area contributed by atoms with Crippen LogP contribution in [0.25, 0.3) is 0 Å². The molecular formula is C17H22N2O5. The van der Waals surface area contributed by atoms with Gasteiger partial charge in [-0.15, -0.1) is 0 Å². The third kappa shape index (κ3) is 4.97. The van der Waals surface area contributed by atoms with Gasteiger partial charge in [0.15, 0.2) is 0 Å². The second-order valence-corrected chi connectivity index (χ2v) is 6.81. The summed E-state index contributed by atoms with van der Waals surface area (Å²) in [4.78, 5) is 34.0. The molecule has 7 nitrogen and oxygen atoms in total. The van der Waals surface area contributed by atoms with Gasteiger partial charge in [0.05, 0.1) is 12.5 Å². The fourth-order valence-electron chi connectivity index (χ4n) is 2.33. The standard InChI is InChI=1S/C17H22N2O5/c1-17(2,3)24-16(23)19-13(15(21)22)8-10-4-6-11(7-5-10)12-9-14(20)18-12/h4-7,12-13H,8-9H2,1-3H3,(H,18,20)(H,19,23)(H,21,22)/t12?,13-/m0/s1. The molecule has 1 saturated heterocycles. The molecule has 1 fully saturated rings. The molecule has 2 atom stereocenters. The topological polar surface area (TPSA) is 105 Å². The van der Waals surface area contributed by atoms with Crippen LogP contribution >= 0.6 is 0 Å². The van der Waals surface area contributed by atoms with Crippen LogP contribution in [0.4, 0.5) is 4.79 Å². The Labute approximate surface area is 140 Å². The van der Waals surface area contributed by atoms with Gasteiger partial charge >= 0.3 is 12.1 Å². The zero-order valence-electron chi connectivity index (χ0n) is 14.0. The van der Waals surface area contributed by atoms with E-state index in [4.69, 9.17) is 4.74 Å². The maximum Gasteiger partial charge on any atom is 0.408 e. The fourth-order valence-corrected chi connectivity index (χ4v) is 2.33. The number of alkyl carbamates (subject to hydrolysis) is 1. The number of carbonyl (C=O) groups excluding carboxylic acids is 2. The number of ether oxygens (including phenoxy) is 1. The summed E-state index contributed by atoms with van der Waals surface area (Å²) in [5, 5.41) is 14.4. The first kappa shape index (κ1) is 17.8. The largest absolute Gasteiger partial charge is 0.480 e. The van der Waals surface area contributed by atoms with Gasteiger partial charge in [-0.05, 0) is 31.9 Å². The van der Waals surface area contributed by atoms with Crippen LogP contribution in [0.3, 0.4) is 0 Å². The molecule has 0 aromatic heterocycles. The number of hydrogen-bond donors (Lipinski definition) is 3. The fraction of sp³-hybridized carbons (Fsp3) is 0.471. The number of amides is 2. The van der Waals surface area contributed by atoms with Gasteiger partial charge in [-0.2, -0.15) is 0 Å². The van der Waals surface area contributed by atoms with Crippen molar-refractivity contribution in [2.75, 3.05) is 0 Å². The van der Waals surface area contributed by atoms with E-state index >= 15 is 0 Å². The van der Waals surface area contributed by atoms with Gasteiger partial charge in [0.2, 0.25) is 5.91 Å². The minimum absolute atomic E-state index is 0.0246. The summed E-state index contributed by atoms with van der Waals surface area (Å²) in [6, 6.07) is 6.26. The van der Waals surface area contributed by atoms with E-state index < -0.39 is 23.7 Å². The maximum absolute atomic E-state index is 11.7. The molecule has 0 spiro atoms. The number of carboxylic acids is 1. The van der Waals surface area contributed by atoms with Crippen molar-refractivity contribution < 1.29 is 24.2 Å². The van der Waals surface area contributed by atoms with Crippen molar-refractivity contribution in [3.63, 3.8) is 0 Å². The Morgan fingerprint density at radius 3 is 2.38 bits per heavy atom. The average molecular weight is 334 g/mol. The van der Waals surface area contributed by atoms with E-state index in [1.807, 2.05) is 12.1 Å². The van der Waals surface area contributed by atoms with Gasteiger partial charge in [-0.3, -0.25) is 4.79 Å². The van der Waals surface area contributed by atoms with E-state index in [0.29, 0.717) is 6.42 Å². The Morgan fingerprint density at radius 1 is 1.33 bits per heavy atom. The molecule has 1 heterocycles. The highest BCUT2D eigenvalue weighted by atomic mass is 16.6. The van der Waals surface area contributed by atoms with Crippen molar-refractivity contribution >= 4 is 18.0 Å². The zero-order valence-corrected chi connectivity index (χ0v) is 14.0. The van der Waals surface area contributed by atoms with Gasteiger partial charge in [-0.1, -0.05) is 24.3 Å². The molecule has 0 aliphatic carbocycles. The van der Waals surface area contributed by atoms with E-state index in [1.54, 1.807) is 32.9 Å². The first-order valence-electron chi connectivity index (χ1n) is 7.74. The van der Waals surface area contributed by atoms with Crippen LogP contribution in [0, 0.1) is 0 Å². The molecule has 0 bridgehead atoms. The van der Waals surface area contributed by atoms with Crippen LogP contribution in [0.15, 0.2) is 24.3 Å². The number of carbonyl (C=O) groups is 3. The van der Waals surface area contributed by atoms with E-state index in [2.05, 4.69) is 10.6 Å². The van der Waals surface area contributed by atoms with Gasteiger partial charge in [0, 0.05) is 6.42 Å². The Kier molecular flexibility index (Phi) is 5.11. The summed E-state index contributed by atoms with van der Waals surface area (Å²) in [6.45, 7) is 5.13. The normalized spacial score (nSPS) is 18.1. The number of aliphatic carboxylic acids is 1. The number of β-lactam (4-membered cyclic amide) rings is 1. The van der Waals surface area contributed by atoms with Gasteiger partial charge in [0.25, 0.3) is 0 Å². The number of nitrogens with one attached hydrogen (secondary N) is 2. The molecule has 1 aromatic carbocycles. The molecule has 7 heteroatoms.